The summed E-state index contributed by atoms with van der Waals surface area (Å²) in [6, 6.07) is 11.9. The molecule has 1 N–H and O–H groups in total. The number of methoxy groups -OCH3 is 1. The van der Waals surface area contributed by atoms with E-state index in [1.807, 2.05) is 6.92 Å². The summed E-state index contributed by atoms with van der Waals surface area (Å²) in [5.41, 5.74) is 2.33. The Kier molecular flexibility index (Phi) is 4.96. The topological polar surface area (TPSA) is 38.3 Å². The van der Waals surface area contributed by atoms with Crippen LogP contribution in [-0.4, -0.2) is 13.1 Å². The number of carbonyl (C=O) groups excluding carboxylic acids is 1. The molecule has 0 aliphatic carbocycles. The number of benzene rings is 2. The van der Waals surface area contributed by atoms with E-state index >= 15 is 0 Å². The second kappa shape index (κ2) is 6.72. The smallest absolute Gasteiger partial charge is 0.337 e. The summed E-state index contributed by atoms with van der Waals surface area (Å²) in [7, 11) is 1.35. The van der Waals surface area contributed by atoms with Gasteiger partial charge in [0.25, 0.3) is 0 Å². The number of hydrogen-bond acceptors (Lipinski definition) is 3. The van der Waals surface area contributed by atoms with Gasteiger partial charge in [-0.2, -0.15) is 0 Å². The summed E-state index contributed by atoms with van der Waals surface area (Å²) in [6.45, 7) is 1.98. The van der Waals surface area contributed by atoms with Crippen LogP contribution in [0.15, 0.2) is 46.9 Å². The van der Waals surface area contributed by atoms with Gasteiger partial charge in [0.05, 0.1) is 17.1 Å². The van der Waals surface area contributed by atoms with Gasteiger partial charge >= 0.3 is 5.97 Å². The van der Waals surface area contributed by atoms with Crippen LogP contribution in [0.1, 0.15) is 28.9 Å². The lowest BCUT2D eigenvalue weighted by atomic mass is 10.1. The Hall–Kier alpha value is -1.88. The van der Waals surface area contributed by atoms with E-state index in [0.717, 1.165) is 11.3 Å². The minimum atomic E-state index is -0.364. The van der Waals surface area contributed by atoms with E-state index in [1.54, 1.807) is 36.4 Å². The zero-order valence-corrected chi connectivity index (χ0v) is 13.3. The largest absolute Gasteiger partial charge is 0.465 e. The fourth-order valence-electron chi connectivity index (χ4n) is 1.94. The SMILES string of the molecule is COC(=O)c1ccc(NC(C)c2ccc(F)c(Br)c2)cc1. The first-order valence-electron chi connectivity index (χ1n) is 6.41. The van der Waals surface area contributed by atoms with Gasteiger partial charge in [-0.1, -0.05) is 6.07 Å². The molecule has 1 atom stereocenters. The third-order valence-corrected chi connectivity index (χ3v) is 3.74. The number of nitrogens with one attached hydrogen (secondary N) is 1. The molecule has 2 aromatic carbocycles. The predicted molar refractivity (Wildman–Crippen MR) is 83.9 cm³/mol. The van der Waals surface area contributed by atoms with E-state index in [2.05, 4.69) is 26.0 Å². The molecule has 0 radical (unpaired) electrons. The molecule has 0 fully saturated rings. The van der Waals surface area contributed by atoms with Gasteiger partial charge in [0.15, 0.2) is 0 Å². The Balaban J connectivity index is 2.10. The van der Waals surface area contributed by atoms with Crippen LogP contribution in [0.25, 0.3) is 0 Å². The lowest BCUT2D eigenvalue weighted by Crippen LogP contribution is -2.07. The highest BCUT2D eigenvalue weighted by atomic mass is 79.9. The average Bonchev–Trinajstić information content (AvgIpc) is 2.50. The summed E-state index contributed by atoms with van der Waals surface area (Å²) in [4.78, 5) is 11.4. The first-order chi connectivity index (χ1) is 10.0. The Morgan fingerprint density at radius 1 is 1.24 bits per heavy atom. The standard InChI is InChI=1S/C16H15BrFNO2/c1-10(12-5-8-15(18)14(17)9-12)19-13-6-3-11(4-7-13)16(20)21-2/h3-10,19H,1-2H3. The van der Waals surface area contributed by atoms with Gasteiger partial charge in [0.2, 0.25) is 0 Å². The van der Waals surface area contributed by atoms with Crippen molar-refractivity contribution in [2.45, 2.75) is 13.0 Å². The molecule has 0 aliphatic heterocycles. The van der Waals surface area contributed by atoms with Gasteiger partial charge in [0.1, 0.15) is 5.82 Å². The van der Waals surface area contributed by atoms with Crippen LogP contribution in [-0.2, 0) is 4.74 Å². The lowest BCUT2D eigenvalue weighted by molar-refractivity contribution is 0.0601. The zero-order chi connectivity index (χ0) is 15.4. The van der Waals surface area contributed by atoms with E-state index in [4.69, 9.17) is 0 Å². The molecule has 0 heterocycles. The number of ether oxygens (including phenoxy) is 1. The number of carbonyl (C=O) groups is 1. The summed E-state index contributed by atoms with van der Waals surface area (Å²) < 4.78 is 18.3. The van der Waals surface area contributed by atoms with Gasteiger partial charge in [-0.15, -0.1) is 0 Å². The molecule has 21 heavy (non-hydrogen) atoms. The molecule has 0 saturated heterocycles. The first kappa shape index (κ1) is 15.5. The van der Waals surface area contributed by atoms with Crippen molar-refractivity contribution < 1.29 is 13.9 Å². The molecule has 0 aromatic heterocycles. The second-order valence-electron chi connectivity index (χ2n) is 4.61. The van der Waals surface area contributed by atoms with Crippen molar-refractivity contribution in [3.63, 3.8) is 0 Å². The van der Waals surface area contributed by atoms with Gasteiger partial charge in [-0.3, -0.25) is 0 Å². The summed E-state index contributed by atoms with van der Waals surface area (Å²) in [5, 5.41) is 3.29. The van der Waals surface area contributed by atoms with Crippen LogP contribution in [0.5, 0.6) is 0 Å². The van der Waals surface area contributed by atoms with Crippen LogP contribution in [0.4, 0.5) is 10.1 Å². The van der Waals surface area contributed by atoms with E-state index in [1.165, 1.54) is 13.2 Å². The van der Waals surface area contributed by atoms with Crippen molar-refractivity contribution in [2.24, 2.45) is 0 Å². The minimum Gasteiger partial charge on any atom is -0.465 e. The molecule has 0 amide bonds. The molecular formula is C16H15BrFNO2. The highest BCUT2D eigenvalue weighted by Crippen LogP contribution is 2.24. The van der Waals surface area contributed by atoms with Crippen molar-refractivity contribution >= 4 is 27.6 Å². The van der Waals surface area contributed by atoms with Crippen LogP contribution in [0, 0.1) is 5.82 Å². The van der Waals surface area contributed by atoms with Crippen molar-refractivity contribution in [3.8, 4) is 0 Å². The average molecular weight is 352 g/mol. The van der Waals surface area contributed by atoms with Gasteiger partial charge in [0, 0.05) is 11.7 Å². The normalized spacial score (nSPS) is 11.8. The van der Waals surface area contributed by atoms with Crippen LogP contribution in [0.2, 0.25) is 0 Å². The van der Waals surface area contributed by atoms with Crippen molar-refractivity contribution in [1.29, 1.82) is 0 Å². The number of esters is 1. The van der Waals surface area contributed by atoms with E-state index in [0.29, 0.717) is 10.0 Å². The zero-order valence-electron chi connectivity index (χ0n) is 11.7. The van der Waals surface area contributed by atoms with Crippen molar-refractivity contribution in [1.82, 2.24) is 0 Å². The van der Waals surface area contributed by atoms with Gasteiger partial charge in [-0.25, -0.2) is 9.18 Å². The number of hydrogen-bond donors (Lipinski definition) is 1. The number of halogens is 2. The van der Waals surface area contributed by atoms with E-state index in [9.17, 15) is 9.18 Å². The molecule has 1 unspecified atom stereocenters. The molecule has 0 bridgehead atoms. The molecule has 0 spiro atoms. The summed E-state index contributed by atoms with van der Waals surface area (Å²) in [5.74, 6) is -0.648. The summed E-state index contributed by atoms with van der Waals surface area (Å²) in [6.07, 6.45) is 0. The second-order valence-corrected chi connectivity index (χ2v) is 5.46. The Morgan fingerprint density at radius 3 is 2.48 bits per heavy atom. The first-order valence-corrected chi connectivity index (χ1v) is 7.20. The third kappa shape index (κ3) is 3.82. The monoisotopic (exact) mass is 351 g/mol. The quantitative estimate of drug-likeness (QED) is 0.821. The highest BCUT2D eigenvalue weighted by molar-refractivity contribution is 9.10. The third-order valence-electron chi connectivity index (χ3n) is 3.13. The molecule has 3 nitrogen and oxygen atoms in total. The van der Waals surface area contributed by atoms with Crippen molar-refractivity contribution in [3.05, 3.63) is 63.9 Å². The van der Waals surface area contributed by atoms with Crippen LogP contribution < -0.4 is 5.32 Å². The fourth-order valence-corrected chi connectivity index (χ4v) is 2.33. The predicted octanol–water partition coefficient (Wildman–Crippen LogP) is 4.55. The van der Waals surface area contributed by atoms with Crippen LogP contribution in [0.3, 0.4) is 0 Å². The Morgan fingerprint density at radius 2 is 1.90 bits per heavy atom. The highest BCUT2D eigenvalue weighted by Gasteiger charge is 2.09. The number of anilines is 1. The van der Waals surface area contributed by atoms with Crippen LogP contribution >= 0.6 is 15.9 Å². The molecule has 5 heteroatoms. The molecule has 0 aliphatic rings. The molecule has 2 aromatic rings. The van der Waals surface area contributed by atoms with Crippen molar-refractivity contribution in [2.75, 3.05) is 12.4 Å². The van der Waals surface area contributed by atoms with E-state index in [-0.39, 0.29) is 17.8 Å². The maximum absolute atomic E-state index is 13.2. The molecule has 2 rings (SSSR count). The molecule has 0 saturated carbocycles. The molecular weight excluding hydrogens is 337 g/mol. The van der Waals surface area contributed by atoms with Gasteiger partial charge in [-0.05, 0) is 64.8 Å². The Labute approximate surface area is 131 Å². The maximum atomic E-state index is 13.2. The number of rotatable bonds is 4. The maximum Gasteiger partial charge on any atom is 0.337 e. The Bertz CT molecular complexity index is 643. The summed E-state index contributed by atoms with van der Waals surface area (Å²) >= 11 is 3.18. The van der Waals surface area contributed by atoms with E-state index < -0.39 is 0 Å². The fraction of sp³-hybridized carbons (Fsp3) is 0.188. The minimum absolute atomic E-state index is 0.00544. The van der Waals surface area contributed by atoms with Gasteiger partial charge < -0.3 is 10.1 Å². The molecule has 110 valence electrons. The lowest BCUT2D eigenvalue weighted by Gasteiger charge is -2.16.